The van der Waals surface area contributed by atoms with Crippen molar-refractivity contribution < 1.29 is 8.42 Å². The zero-order valence-corrected chi connectivity index (χ0v) is 13.3. The van der Waals surface area contributed by atoms with Gasteiger partial charge in [0, 0.05) is 6.04 Å². The smallest absolute Gasteiger partial charge is 0.150 e. The number of unbranched alkanes of at least 4 members (excludes halogenated alkanes) is 5. The lowest BCUT2D eigenvalue weighted by Crippen LogP contribution is -2.30. The van der Waals surface area contributed by atoms with Crippen LogP contribution in [0.1, 0.15) is 71.1 Å². The summed E-state index contributed by atoms with van der Waals surface area (Å²) in [7, 11) is -2.83. The van der Waals surface area contributed by atoms with Crippen molar-refractivity contribution >= 4 is 9.84 Å². The first kappa shape index (κ1) is 17.0. The summed E-state index contributed by atoms with van der Waals surface area (Å²) in [6, 6.07) is 0.303. The zero-order valence-electron chi connectivity index (χ0n) is 12.4. The second kappa shape index (κ2) is 8.96. The number of hydrogen-bond acceptors (Lipinski definition) is 3. The second-order valence-electron chi connectivity index (χ2n) is 6.16. The maximum atomic E-state index is 12.0. The molecule has 1 rings (SSSR count). The zero-order chi connectivity index (χ0) is 14.1. The van der Waals surface area contributed by atoms with Gasteiger partial charge in [0.15, 0.2) is 9.84 Å². The molecule has 1 saturated carbocycles. The highest BCUT2D eigenvalue weighted by molar-refractivity contribution is 7.91. The van der Waals surface area contributed by atoms with E-state index >= 15 is 0 Å². The van der Waals surface area contributed by atoms with Crippen LogP contribution in [0.5, 0.6) is 0 Å². The Morgan fingerprint density at radius 2 is 1.53 bits per heavy atom. The molecule has 0 amide bonds. The molecule has 1 aliphatic rings. The SMILES string of the molecule is CCCCCCCCS(=O)(=O)CC1CCC(N)CC1. The van der Waals surface area contributed by atoms with Crippen LogP contribution in [0, 0.1) is 5.92 Å². The van der Waals surface area contributed by atoms with Crippen LogP contribution in [0.15, 0.2) is 0 Å². The van der Waals surface area contributed by atoms with Crippen LogP contribution in [0.3, 0.4) is 0 Å². The Morgan fingerprint density at radius 1 is 0.947 bits per heavy atom. The van der Waals surface area contributed by atoms with E-state index in [1.807, 2.05) is 0 Å². The Hall–Kier alpha value is -0.0900. The fourth-order valence-corrected chi connectivity index (χ4v) is 4.76. The predicted octanol–water partition coefficient (Wildman–Crippen LogP) is 3.28. The molecule has 0 atom stereocenters. The van der Waals surface area contributed by atoms with Gasteiger partial charge in [-0.25, -0.2) is 8.42 Å². The molecule has 0 heterocycles. The minimum absolute atomic E-state index is 0.303. The lowest BCUT2D eigenvalue weighted by Gasteiger charge is -2.25. The first-order valence-corrected chi connectivity index (χ1v) is 9.81. The standard InChI is InChI=1S/C15H31NO2S/c1-2-3-4-5-6-7-12-19(17,18)13-14-8-10-15(16)11-9-14/h14-15H,2-13,16H2,1H3. The van der Waals surface area contributed by atoms with Gasteiger partial charge < -0.3 is 5.73 Å². The summed E-state index contributed by atoms with van der Waals surface area (Å²) in [5.41, 5.74) is 5.85. The minimum atomic E-state index is -2.83. The molecule has 0 saturated heterocycles. The van der Waals surface area contributed by atoms with Gasteiger partial charge in [0.25, 0.3) is 0 Å². The first-order chi connectivity index (χ1) is 9.03. The molecule has 0 unspecified atom stereocenters. The van der Waals surface area contributed by atoms with Crippen LogP contribution >= 0.6 is 0 Å². The fourth-order valence-electron chi connectivity index (χ4n) is 2.90. The highest BCUT2D eigenvalue weighted by atomic mass is 32.2. The Kier molecular flexibility index (Phi) is 8.00. The third-order valence-electron chi connectivity index (χ3n) is 4.19. The third kappa shape index (κ3) is 7.93. The predicted molar refractivity (Wildman–Crippen MR) is 82.0 cm³/mol. The lowest BCUT2D eigenvalue weighted by atomic mass is 9.88. The van der Waals surface area contributed by atoms with E-state index in [1.54, 1.807) is 0 Å². The number of nitrogens with two attached hydrogens (primary N) is 1. The van der Waals surface area contributed by atoms with E-state index in [0.717, 1.165) is 38.5 Å². The molecule has 2 N–H and O–H groups in total. The largest absolute Gasteiger partial charge is 0.328 e. The van der Waals surface area contributed by atoms with Crippen LogP contribution in [0.4, 0.5) is 0 Å². The van der Waals surface area contributed by atoms with Crippen molar-refractivity contribution in [1.29, 1.82) is 0 Å². The summed E-state index contributed by atoms with van der Waals surface area (Å²) in [4.78, 5) is 0. The molecule has 3 nitrogen and oxygen atoms in total. The summed E-state index contributed by atoms with van der Waals surface area (Å²) in [6.07, 6.45) is 10.8. The van der Waals surface area contributed by atoms with E-state index in [1.165, 1.54) is 25.7 Å². The third-order valence-corrected chi connectivity index (χ3v) is 6.08. The Bertz CT molecular complexity index is 319. The van der Waals surface area contributed by atoms with Crippen LogP contribution in [-0.4, -0.2) is 26.0 Å². The van der Waals surface area contributed by atoms with Gasteiger partial charge in [-0.15, -0.1) is 0 Å². The second-order valence-corrected chi connectivity index (χ2v) is 8.39. The van der Waals surface area contributed by atoms with E-state index in [-0.39, 0.29) is 0 Å². The van der Waals surface area contributed by atoms with Gasteiger partial charge in [-0.05, 0) is 38.0 Å². The molecule has 0 radical (unpaired) electrons. The molecule has 0 aliphatic heterocycles. The van der Waals surface area contributed by atoms with E-state index in [4.69, 9.17) is 5.73 Å². The Balaban J connectivity index is 2.13. The van der Waals surface area contributed by atoms with Gasteiger partial charge in [0.2, 0.25) is 0 Å². The van der Waals surface area contributed by atoms with Gasteiger partial charge in [0.1, 0.15) is 0 Å². The fraction of sp³-hybridized carbons (Fsp3) is 1.00. The lowest BCUT2D eigenvalue weighted by molar-refractivity contribution is 0.348. The molecule has 114 valence electrons. The van der Waals surface area contributed by atoms with Gasteiger partial charge in [-0.1, -0.05) is 39.0 Å². The number of sulfone groups is 1. The summed E-state index contributed by atoms with van der Waals surface area (Å²) >= 11 is 0. The van der Waals surface area contributed by atoms with Gasteiger partial charge >= 0.3 is 0 Å². The van der Waals surface area contributed by atoms with Crippen LogP contribution in [-0.2, 0) is 9.84 Å². The van der Waals surface area contributed by atoms with Crippen LogP contribution < -0.4 is 5.73 Å². The molecule has 0 bridgehead atoms. The van der Waals surface area contributed by atoms with Crippen molar-refractivity contribution in [2.45, 2.75) is 77.2 Å². The summed E-state index contributed by atoms with van der Waals surface area (Å²) in [6.45, 7) is 2.19. The summed E-state index contributed by atoms with van der Waals surface area (Å²) < 4.78 is 24.1. The molecule has 0 aromatic rings. The average molecular weight is 289 g/mol. The van der Waals surface area contributed by atoms with Gasteiger partial charge in [-0.2, -0.15) is 0 Å². The van der Waals surface area contributed by atoms with Crippen molar-refractivity contribution in [2.75, 3.05) is 11.5 Å². The summed E-state index contributed by atoms with van der Waals surface area (Å²) in [5.74, 6) is 1.15. The maximum absolute atomic E-state index is 12.0. The van der Waals surface area contributed by atoms with Crippen molar-refractivity contribution in [3.05, 3.63) is 0 Å². The van der Waals surface area contributed by atoms with Crippen LogP contribution in [0.2, 0.25) is 0 Å². The van der Waals surface area contributed by atoms with E-state index in [2.05, 4.69) is 6.92 Å². The quantitative estimate of drug-likeness (QED) is 0.663. The van der Waals surface area contributed by atoms with Crippen molar-refractivity contribution in [2.24, 2.45) is 11.7 Å². The highest BCUT2D eigenvalue weighted by Crippen LogP contribution is 2.24. The average Bonchev–Trinajstić information content (AvgIpc) is 2.36. The van der Waals surface area contributed by atoms with E-state index < -0.39 is 9.84 Å². The monoisotopic (exact) mass is 289 g/mol. The molecule has 0 aromatic heterocycles. The van der Waals surface area contributed by atoms with E-state index in [9.17, 15) is 8.42 Å². The maximum Gasteiger partial charge on any atom is 0.150 e. The molecular weight excluding hydrogens is 258 g/mol. The van der Waals surface area contributed by atoms with Gasteiger partial charge in [0.05, 0.1) is 11.5 Å². The molecule has 0 spiro atoms. The van der Waals surface area contributed by atoms with Crippen molar-refractivity contribution in [3.8, 4) is 0 Å². The Labute approximate surface area is 119 Å². The number of rotatable bonds is 9. The molecule has 4 heteroatoms. The van der Waals surface area contributed by atoms with Crippen molar-refractivity contribution in [3.63, 3.8) is 0 Å². The topological polar surface area (TPSA) is 60.2 Å². The van der Waals surface area contributed by atoms with Gasteiger partial charge in [-0.3, -0.25) is 0 Å². The minimum Gasteiger partial charge on any atom is -0.328 e. The van der Waals surface area contributed by atoms with Crippen LogP contribution in [0.25, 0.3) is 0 Å². The molecule has 1 aliphatic carbocycles. The molecular formula is C15H31NO2S. The Morgan fingerprint density at radius 3 is 2.16 bits per heavy atom. The molecule has 1 fully saturated rings. The molecule has 0 aromatic carbocycles. The first-order valence-electron chi connectivity index (χ1n) is 7.99. The number of hydrogen-bond donors (Lipinski definition) is 1. The summed E-state index contributed by atoms with van der Waals surface area (Å²) in [5, 5.41) is 0. The van der Waals surface area contributed by atoms with E-state index in [0.29, 0.717) is 23.5 Å². The molecule has 19 heavy (non-hydrogen) atoms. The highest BCUT2D eigenvalue weighted by Gasteiger charge is 2.23. The normalized spacial score (nSPS) is 24.5. The van der Waals surface area contributed by atoms with Crippen molar-refractivity contribution in [1.82, 2.24) is 0 Å².